The highest BCUT2D eigenvalue weighted by atomic mass is 16.6. The second-order valence-corrected chi connectivity index (χ2v) is 1.73. The summed E-state index contributed by atoms with van der Waals surface area (Å²) in [5, 5.41) is 9.11. The summed E-state index contributed by atoms with van der Waals surface area (Å²) in [5.74, 6) is -0.339. The van der Waals surface area contributed by atoms with Crippen LogP contribution >= 0.6 is 0 Å². The van der Waals surface area contributed by atoms with Gasteiger partial charge in [-0.1, -0.05) is 0 Å². The zero-order chi connectivity index (χ0) is 6.85. The summed E-state index contributed by atoms with van der Waals surface area (Å²) in [6, 6.07) is 0. The molecule has 1 aliphatic rings. The predicted molar refractivity (Wildman–Crippen MR) is 28.7 cm³/mol. The molecule has 50 valence electrons. The fraction of sp³-hybridized carbons (Fsp3) is 0.250. The van der Waals surface area contributed by atoms with Crippen molar-refractivity contribution in [1.29, 1.82) is 0 Å². The minimum Gasteiger partial charge on any atom is -0.282 e. The van der Waals surface area contributed by atoms with Crippen LogP contribution < -0.4 is 10.9 Å². The molecule has 0 saturated carbocycles. The topological polar surface area (TPSA) is 64.6 Å². The van der Waals surface area contributed by atoms with Crippen molar-refractivity contribution in [2.24, 2.45) is 0 Å². The molecule has 0 unspecified atom stereocenters. The van der Waals surface area contributed by atoms with Gasteiger partial charge in [-0.2, -0.15) is 0 Å². The van der Waals surface area contributed by atoms with Crippen LogP contribution in [0.5, 0.6) is 0 Å². The number of rotatable bonds is 0. The Morgan fingerprint density at radius 1 is 1.67 bits per heavy atom. The number of nitrogens with zero attached hydrogens (tertiary/aromatic N) is 1. The Kier molecular flexibility index (Phi) is 1.37. The maximum absolute atomic E-state index is 10.5. The quantitative estimate of drug-likeness (QED) is 0.398. The molecule has 5 nitrogen and oxygen atoms in total. The van der Waals surface area contributed by atoms with E-state index in [-0.39, 0.29) is 5.91 Å². The van der Waals surface area contributed by atoms with Crippen LogP contribution in [0.2, 0.25) is 0 Å². The highest BCUT2D eigenvalue weighted by Crippen LogP contribution is 1.91. The van der Waals surface area contributed by atoms with Gasteiger partial charge < -0.3 is 0 Å². The first-order valence-electron chi connectivity index (χ1n) is 2.43. The van der Waals surface area contributed by atoms with Gasteiger partial charge in [0.15, 0.2) is 0 Å². The second-order valence-electron chi connectivity index (χ2n) is 1.73. The monoisotopic (exact) mass is 129 g/mol. The lowest BCUT2D eigenvalue weighted by Gasteiger charge is -2.20. The highest BCUT2D eigenvalue weighted by Gasteiger charge is 2.09. The molecule has 0 radical (unpaired) electrons. The lowest BCUT2D eigenvalue weighted by Crippen LogP contribution is -2.50. The van der Waals surface area contributed by atoms with Gasteiger partial charge in [-0.3, -0.25) is 15.4 Å². The summed E-state index contributed by atoms with van der Waals surface area (Å²) in [4.78, 5) is 10.5. The van der Waals surface area contributed by atoms with Crippen LogP contribution in [0.4, 0.5) is 0 Å². The zero-order valence-electron chi connectivity index (χ0n) is 4.88. The number of allylic oxidation sites excluding steroid dienone is 1. The Balaban J connectivity index is 2.67. The smallest absolute Gasteiger partial charge is 0.263 e. The van der Waals surface area contributed by atoms with Gasteiger partial charge >= 0.3 is 0 Å². The molecule has 0 aromatic heterocycles. The van der Waals surface area contributed by atoms with Crippen LogP contribution in [0, 0.1) is 0 Å². The van der Waals surface area contributed by atoms with Gasteiger partial charge in [-0.25, -0.2) is 5.43 Å². The molecule has 0 aliphatic carbocycles. The number of hydrogen-bond acceptors (Lipinski definition) is 4. The SMILES string of the molecule is CC1=CC(=O)NN(O)N1. The van der Waals surface area contributed by atoms with E-state index in [1.165, 1.54) is 6.08 Å². The van der Waals surface area contributed by atoms with Gasteiger partial charge in [0.1, 0.15) is 0 Å². The lowest BCUT2D eigenvalue weighted by atomic mass is 10.4. The first kappa shape index (κ1) is 6.06. The molecule has 0 saturated heterocycles. The van der Waals surface area contributed by atoms with Crippen molar-refractivity contribution in [2.45, 2.75) is 6.92 Å². The average Bonchev–Trinajstić information content (AvgIpc) is 1.59. The molecule has 0 fully saturated rings. The van der Waals surface area contributed by atoms with Crippen molar-refractivity contribution in [3.63, 3.8) is 0 Å². The fourth-order valence-electron chi connectivity index (χ4n) is 0.561. The van der Waals surface area contributed by atoms with Crippen molar-refractivity contribution in [2.75, 3.05) is 0 Å². The lowest BCUT2D eigenvalue weighted by molar-refractivity contribution is -0.183. The van der Waals surface area contributed by atoms with Gasteiger partial charge in [0.2, 0.25) is 0 Å². The standard InChI is InChI=1S/C4H7N3O2/c1-3-2-4(8)6-7(9)5-3/h2,5,9H,1H3,(H,6,8). The molecule has 5 heteroatoms. The summed E-state index contributed by atoms with van der Waals surface area (Å²) >= 11 is 0. The van der Waals surface area contributed by atoms with Gasteiger partial charge in [0.05, 0.1) is 0 Å². The van der Waals surface area contributed by atoms with Gasteiger partial charge in [-0.05, 0) is 12.2 Å². The first-order valence-corrected chi connectivity index (χ1v) is 2.43. The molecular weight excluding hydrogens is 122 g/mol. The van der Waals surface area contributed by atoms with E-state index in [0.29, 0.717) is 11.0 Å². The van der Waals surface area contributed by atoms with Crippen LogP contribution in [0.15, 0.2) is 11.8 Å². The number of amides is 1. The molecule has 3 N–H and O–H groups in total. The molecule has 1 heterocycles. The van der Waals surface area contributed by atoms with Crippen molar-refractivity contribution >= 4 is 5.91 Å². The normalized spacial score (nSPS) is 20.2. The first-order chi connectivity index (χ1) is 4.18. The van der Waals surface area contributed by atoms with E-state index in [0.717, 1.165) is 0 Å². The molecule has 0 atom stereocenters. The van der Waals surface area contributed by atoms with E-state index in [2.05, 4.69) is 10.9 Å². The van der Waals surface area contributed by atoms with E-state index in [1.807, 2.05) is 0 Å². The van der Waals surface area contributed by atoms with Gasteiger partial charge in [-0.15, -0.1) is 0 Å². The Hall–Kier alpha value is -1.07. The Bertz CT molecular complexity index is 165. The largest absolute Gasteiger partial charge is 0.282 e. The van der Waals surface area contributed by atoms with Gasteiger partial charge in [0.25, 0.3) is 5.91 Å². The Morgan fingerprint density at radius 3 is 2.78 bits per heavy atom. The van der Waals surface area contributed by atoms with Crippen LogP contribution in [0.3, 0.4) is 0 Å². The van der Waals surface area contributed by atoms with E-state index < -0.39 is 0 Å². The minimum absolute atomic E-state index is 0.339. The molecule has 1 rings (SSSR count). The van der Waals surface area contributed by atoms with Crippen molar-refractivity contribution in [1.82, 2.24) is 16.1 Å². The summed E-state index contributed by atoms with van der Waals surface area (Å²) in [6.07, 6.45) is 1.34. The summed E-state index contributed by atoms with van der Waals surface area (Å²) in [6.45, 7) is 1.67. The predicted octanol–water partition coefficient (Wildman–Crippen LogP) is -0.869. The molecule has 0 spiro atoms. The van der Waals surface area contributed by atoms with E-state index in [9.17, 15) is 4.79 Å². The molecule has 0 aromatic rings. The third-order valence-electron chi connectivity index (χ3n) is 0.846. The van der Waals surface area contributed by atoms with Gasteiger partial charge in [0, 0.05) is 11.8 Å². The van der Waals surface area contributed by atoms with E-state index in [4.69, 9.17) is 5.21 Å². The molecule has 1 aliphatic heterocycles. The highest BCUT2D eigenvalue weighted by molar-refractivity contribution is 5.88. The maximum Gasteiger partial charge on any atom is 0.263 e. The Labute approximate surface area is 51.8 Å². The summed E-state index contributed by atoms with van der Waals surface area (Å²) < 4.78 is 0. The number of carbonyl (C=O) groups excluding carboxylic acids is 1. The van der Waals surface area contributed by atoms with Crippen molar-refractivity contribution in [3.05, 3.63) is 11.8 Å². The van der Waals surface area contributed by atoms with E-state index in [1.54, 1.807) is 6.92 Å². The molecular formula is C4H7N3O2. The zero-order valence-corrected chi connectivity index (χ0v) is 4.88. The second kappa shape index (κ2) is 2.04. The van der Waals surface area contributed by atoms with Crippen LogP contribution in [0.1, 0.15) is 6.92 Å². The molecule has 0 aromatic carbocycles. The van der Waals surface area contributed by atoms with E-state index >= 15 is 0 Å². The number of hydrazine groups is 2. The number of hydrogen-bond donors (Lipinski definition) is 3. The van der Waals surface area contributed by atoms with Crippen LogP contribution in [-0.4, -0.2) is 16.4 Å². The van der Waals surface area contributed by atoms with Crippen molar-refractivity contribution in [3.8, 4) is 0 Å². The minimum atomic E-state index is -0.339. The Morgan fingerprint density at radius 2 is 2.33 bits per heavy atom. The third-order valence-corrected chi connectivity index (χ3v) is 0.846. The summed E-state index contributed by atoms with van der Waals surface area (Å²) in [5.41, 5.74) is 5.10. The van der Waals surface area contributed by atoms with Crippen LogP contribution in [-0.2, 0) is 4.79 Å². The third kappa shape index (κ3) is 1.41. The number of carbonyl (C=O) groups is 1. The summed E-state index contributed by atoms with van der Waals surface area (Å²) in [7, 11) is 0. The maximum atomic E-state index is 10.5. The number of nitrogens with one attached hydrogen (secondary N) is 2. The van der Waals surface area contributed by atoms with Crippen molar-refractivity contribution < 1.29 is 10.0 Å². The average molecular weight is 129 g/mol. The fourth-order valence-corrected chi connectivity index (χ4v) is 0.561. The van der Waals surface area contributed by atoms with Crippen LogP contribution in [0.25, 0.3) is 0 Å². The molecule has 9 heavy (non-hydrogen) atoms. The molecule has 0 bridgehead atoms. The molecule has 1 amide bonds.